The van der Waals surface area contributed by atoms with Gasteiger partial charge in [0, 0.05) is 15.9 Å². The van der Waals surface area contributed by atoms with Gasteiger partial charge in [0.2, 0.25) is 0 Å². The maximum absolute atomic E-state index is 12.3. The Bertz CT molecular complexity index is 810. The van der Waals surface area contributed by atoms with Gasteiger partial charge in [0.15, 0.2) is 0 Å². The summed E-state index contributed by atoms with van der Waals surface area (Å²) in [4.78, 5) is 36.1. The normalized spacial score (nSPS) is 12.0. The highest BCUT2D eigenvalue weighted by Gasteiger charge is 2.28. The number of ether oxygens (including phenoxy) is 2. The van der Waals surface area contributed by atoms with Crippen molar-refractivity contribution < 1.29 is 23.5 Å². The first kappa shape index (κ1) is 18.2. The first-order chi connectivity index (χ1) is 11.5. The molecule has 2 aromatic rings. The molecule has 1 atom stereocenters. The van der Waals surface area contributed by atoms with E-state index in [1.54, 1.807) is 32.0 Å². The number of fused-ring (bicyclic) bond motifs is 1. The SMILES string of the molecule is CCOC(=O)CC(C(=O)OCC)c1cc(=O)oc2ccc(Br)cc12. The number of carbonyl (C=O) groups excluding carboxylic acids is 2. The minimum atomic E-state index is -0.940. The van der Waals surface area contributed by atoms with Crippen molar-refractivity contribution >= 4 is 38.8 Å². The molecule has 0 aliphatic carbocycles. The number of hydrogen-bond acceptors (Lipinski definition) is 6. The predicted octanol–water partition coefficient (Wildman–Crippen LogP) is 3.16. The minimum absolute atomic E-state index is 0.168. The average Bonchev–Trinajstić information content (AvgIpc) is 2.53. The van der Waals surface area contributed by atoms with Gasteiger partial charge < -0.3 is 13.9 Å². The number of hydrogen-bond donors (Lipinski definition) is 0. The molecule has 6 nitrogen and oxygen atoms in total. The molecule has 0 fully saturated rings. The van der Waals surface area contributed by atoms with Crippen LogP contribution in [0.5, 0.6) is 0 Å². The topological polar surface area (TPSA) is 82.8 Å². The van der Waals surface area contributed by atoms with Crippen LogP contribution in [0.3, 0.4) is 0 Å². The summed E-state index contributed by atoms with van der Waals surface area (Å²) in [5, 5.41) is 0.561. The monoisotopic (exact) mass is 396 g/mol. The van der Waals surface area contributed by atoms with Gasteiger partial charge in [-0.15, -0.1) is 0 Å². The summed E-state index contributed by atoms with van der Waals surface area (Å²) in [6.45, 7) is 3.73. The van der Waals surface area contributed by atoms with Crippen molar-refractivity contribution in [3.8, 4) is 0 Å². The Balaban J connectivity index is 2.57. The largest absolute Gasteiger partial charge is 0.466 e. The van der Waals surface area contributed by atoms with E-state index in [1.807, 2.05) is 0 Å². The maximum Gasteiger partial charge on any atom is 0.336 e. The quantitative estimate of drug-likeness (QED) is 0.550. The van der Waals surface area contributed by atoms with Gasteiger partial charge in [-0.3, -0.25) is 9.59 Å². The third kappa shape index (κ3) is 4.23. The van der Waals surface area contributed by atoms with Crippen LogP contribution in [0.4, 0.5) is 0 Å². The zero-order valence-electron chi connectivity index (χ0n) is 13.3. The molecule has 7 heteroatoms. The Hall–Kier alpha value is -2.15. The summed E-state index contributed by atoms with van der Waals surface area (Å²) >= 11 is 3.35. The second-order valence-electron chi connectivity index (χ2n) is 4.98. The lowest BCUT2D eigenvalue weighted by molar-refractivity contribution is -0.151. The van der Waals surface area contributed by atoms with E-state index in [1.165, 1.54) is 6.07 Å². The van der Waals surface area contributed by atoms with E-state index < -0.39 is 23.5 Å². The van der Waals surface area contributed by atoms with Crippen molar-refractivity contribution in [2.24, 2.45) is 0 Å². The van der Waals surface area contributed by atoms with Crippen LogP contribution < -0.4 is 5.63 Å². The second-order valence-corrected chi connectivity index (χ2v) is 5.89. The van der Waals surface area contributed by atoms with Gasteiger partial charge in [0.05, 0.1) is 25.6 Å². The Kier molecular flexibility index (Phi) is 6.14. The lowest BCUT2D eigenvalue weighted by Gasteiger charge is -2.16. The van der Waals surface area contributed by atoms with Crippen molar-refractivity contribution in [2.45, 2.75) is 26.2 Å². The van der Waals surface area contributed by atoms with Crippen LogP contribution in [0.2, 0.25) is 0 Å². The maximum atomic E-state index is 12.3. The van der Waals surface area contributed by atoms with Crippen LogP contribution >= 0.6 is 15.9 Å². The first-order valence-electron chi connectivity index (χ1n) is 7.51. The van der Waals surface area contributed by atoms with Crippen LogP contribution in [0.25, 0.3) is 11.0 Å². The summed E-state index contributed by atoms with van der Waals surface area (Å²) in [7, 11) is 0. The number of esters is 2. The van der Waals surface area contributed by atoms with Gasteiger partial charge in [-0.2, -0.15) is 0 Å². The van der Waals surface area contributed by atoms with E-state index in [9.17, 15) is 14.4 Å². The molecule has 0 bridgehead atoms. The molecule has 1 aromatic carbocycles. The number of rotatable bonds is 6. The van der Waals surface area contributed by atoms with Crippen LogP contribution in [0, 0.1) is 0 Å². The zero-order valence-corrected chi connectivity index (χ0v) is 14.9. The van der Waals surface area contributed by atoms with Gasteiger partial charge in [0.1, 0.15) is 5.58 Å². The van der Waals surface area contributed by atoms with Gasteiger partial charge in [-0.05, 0) is 37.6 Å². The van der Waals surface area contributed by atoms with E-state index >= 15 is 0 Å². The fourth-order valence-corrected chi connectivity index (χ4v) is 2.76. The average molecular weight is 397 g/mol. The number of halogens is 1. The molecule has 2 rings (SSSR count). The smallest absolute Gasteiger partial charge is 0.336 e. The lowest BCUT2D eigenvalue weighted by Crippen LogP contribution is -2.22. The van der Waals surface area contributed by atoms with Crippen molar-refractivity contribution in [2.75, 3.05) is 13.2 Å². The third-order valence-corrected chi connectivity index (χ3v) is 3.85. The van der Waals surface area contributed by atoms with Crippen molar-refractivity contribution in [3.63, 3.8) is 0 Å². The molecule has 0 N–H and O–H groups in total. The van der Waals surface area contributed by atoms with Gasteiger partial charge in [-0.25, -0.2) is 4.79 Å². The van der Waals surface area contributed by atoms with Crippen LogP contribution in [-0.2, 0) is 19.1 Å². The van der Waals surface area contributed by atoms with Crippen LogP contribution in [-0.4, -0.2) is 25.2 Å². The fraction of sp³-hybridized carbons (Fsp3) is 0.353. The van der Waals surface area contributed by atoms with Gasteiger partial charge >= 0.3 is 17.6 Å². The summed E-state index contributed by atoms with van der Waals surface area (Å²) < 4.78 is 15.9. The van der Waals surface area contributed by atoms with Gasteiger partial charge in [0.25, 0.3) is 0 Å². The molecule has 0 spiro atoms. The molecule has 0 saturated carbocycles. The fourth-order valence-electron chi connectivity index (χ4n) is 2.40. The summed E-state index contributed by atoms with van der Waals surface area (Å²) in [6.07, 6.45) is -0.211. The molecule has 0 radical (unpaired) electrons. The highest BCUT2D eigenvalue weighted by molar-refractivity contribution is 9.10. The molecule has 1 unspecified atom stereocenters. The molecular formula is C17H17BrO6. The molecule has 0 amide bonds. The van der Waals surface area contributed by atoms with Crippen LogP contribution in [0.1, 0.15) is 31.7 Å². The molecule has 0 saturated heterocycles. The first-order valence-corrected chi connectivity index (χ1v) is 8.31. The minimum Gasteiger partial charge on any atom is -0.466 e. The molecule has 0 aliphatic heterocycles. The van der Waals surface area contributed by atoms with Gasteiger partial charge in [-0.1, -0.05) is 15.9 Å². The van der Waals surface area contributed by atoms with E-state index in [0.717, 1.165) is 4.47 Å². The third-order valence-electron chi connectivity index (χ3n) is 3.36. The summed E-state index contributed by atoms with van der Waals surface area (Å²) in [5.41, 5.74) is 0.117. The highest BCUT2D eigenvalue weighted by Crippen LogP contribution is 2.30. The van der Waals surface area contributed by atoms with E-state index in [-0.39, 0.29) is 19.6 Å². The lowest BCUT2D eigenvalue weighted by atomic mass is 9.93. The predicted molar refractivity (Wildman–Crippen MR) is 90.8 cm³/mol. The Labute approximate surface area is 146 Å². The Morgan fingerprint density at radius 3 is 2.54 bits per heavy atom. The van der Waals surface area contributed by atoms with Crippen molar-refractivity contribution in [1.82, 2.24) is 0 Å². The standard InChI is InChI=1S/C17H17BrO6/c1-3-22-15(19)9-13(17(21)23-4-2)11-8-16(20)24-14-6-5-10(18)7-12(11)14/h5-8,13H,3-4,9H2,1-2H3. The highest BCUT2D eigenvalue weighted by atomic mass is 79.9. The van der Waals surface area contributed by atoms with E-state index in [4.69, 9.17) is 13.9 Å². The molecule has 1 aromatic heterocycles. The number of benzene rings is 1. The van der Waals surface area contributed by atoms with E-state index in [0.29, 0.717) is 16.5 Å². The Morgan fingerprint density at radius 2 is 1.88 bits per heavy atom. The molecule has 24 heavy (non-hydrogen) atoms. The second kappa shape index (κ2) is 8.10. The molecule has 1 heterocycles. The van der Waals surface area contributed by atoms with E-state index in [2.05, 4.69) is 15.9 Å². The molecule has 0 aliphatic rings. The number of carbonyl (C=O) groups is 2. The molecule has 128 valence electrons. The Morgan fingerprint density at radius 1 is 1.17 bits per heavy atom. The zero-order chi connectivity index (χ0) is 17.7. The summed E-state index contributed by atoms with van der Waals surface area (Å²) in [5.74, 6) is -2.06. The van der Waals surface area contributed by atoms with Crippen molar-refractivity contribution in [3.05, 3.63) is 44.7 Å². The van der Waals surface area contributed by atoms with Crippen molar-refractivity contribution in [1.29, 1.82) is 0 Å². The van der Waals surface area contributed by atoms with Crippen LogP contribution in [0.15, 0.2) is 37.9 Å². The molecular weight excluding hydrogens is 380 g/mol. The summed E-state index contributed by atoms with van der Waals surface area (Å²) in [6, 6.07) is 6.29.